The van der Waals surface area contributed by atoms with Crippen LogP contribution in [0.15, 0.2) is 30.3 Å². The Morgan fingerprint density at radius 2 is 2.00 bits per heavy atom. The van der Waals surface area contributed by atoms with Crippen molar-refractivity contribution in [3.63, 3.8) is 0 Å². The summed E-state index contributed by atoms with van der Waals surface area (Å²) in [7, 11) is 1.62. The van der Waals surface area contributed by atoms with Crippen LogP contribution in [0.2, 0.25) is 0 Å². The molecule has 144 valence electrons. The zero-order valence-electron chi connectivity index (χ0n) is 16.2. The molecule has 1 aliphatic rings. The Morgan fingerprint density at radius 3 is 2.70 bits per heavy atom. The molecule has 7 nitrogen and oxygen atoms in total. The molecule has 1 unspecified atom stereocenters. The van der Waals surface area contributed by atoms with Crippen LogP contribution in [0.3, 0.4) is 0 Å². The zero-order valence-corrected chi connectivity index (χ0v) is 16.2. The summed E-state index contributed by atoms with van der Waals surface area (Å²) in [6.07, 6.45) is 0. The number of ether oxygens (including phenoxy) is 1. The molecule has 1 atom stereocenters. The maximum Gasteiger partial charge on any atom is 0.272 e. The smallest absolute Gasteiger partial charge is 0.272 e. The van der Waals surface area contributed by atoms with Gasteiger partial charge in [0.1, 0.15) is 11.4 Å². The maximum atomic E-state index is 12.9. The predicted molar refractivity (Wildman–Crippen MR) is 102 cm³/mol. The number of nitrogens with zero attached hydrogens (tertiary/aromatic N) is 3. The first-order valence-electron chi connectivity index (χ1n) is 9.20. The monoisotopic (exact) mass is 370 g/mol. The number of fused-ring (bicyclic) bond motifs is 1. The summed E-state index contributed by atoms with van der Waals surface area (Å²) in [5.41, 5.74) is 1.67. The van der Waals surface area contributed by atoms with E-state index in [1.807, 2.05) is 45.0 Å². The third kappa shape index (κ3) is 3.97. The van der Waals surface area contributed by atoms with Crippen LogP contribution < -0.4 is 10.1 Å². The highest BCUT2D eigenvalue weighted by atomic mass is 16.5. The Labute approximate surface area is 159 Å². The van der Waals surface area contributed by atoms with Crippen molar-refractivity contribution in [2.75, 3.05) is 13.7 Å². The SMILES string of the molecule is COc1ccccc1CN1CCn2nc(C(=O)NC(C)C(C)C)cc2C1=O. The van der Waals surface area contributed by atoms with Crippen LogP contribution in [-0.4, -0.2) is 46.2 Å². The van der Waals surface area contributed by atoms with Gasteiger partial charge in [0.2, 0.25) is 0 Å². The van der Waals surface area contributed by atoms with E-state index in [0.717, 1.165) is 11.3 Å². The molecular weight excluding hydrogens is 344 g/mol. The molecular formula is C20H26N4O3. The number of para-hydroxylation sites is 1. The second kappa shape index (κ2) is 7.82. The number of hydrogen-bond acceptors (Lipinski definition) is 4. The van der Waals surface area contributed by atoms with Gasteiger partial charge in [0.05, 0.1) is 13.7 Å². The number of amides is 2. The minimum atomic E-state index is -0.248. The van der Waals surface area contributed by atoms with E-state index in [4.69, 9.17) is 4.74 Å². The van der Waals surface area contributed by atoms with Crippen LogP contribution in [0.4, 0.5) is 0 Å². The maximum absolute atomic E-state index is 12.9. The highest BCUT2D eigenvalue weighted by molar-refractivity contribution is 5.98. The molecule has 0 spiro atoms. The van der Waals surface area contributed by atoms with Gasteiger partial charge in [-0.25, -0.2) is 0 Å². The van der Waals surface area contributed by atoms with Crippen molar-refractivity contribution in [1.29, 1.82) is 0 Å². The van der Waals surface area contributed by atoms with E-state index < -0.39 is 0 Å². The standard InChI is InChI=1S/C20H26N4O3/c1-13(2)14(3)21-19(25)16-11-17-20(26)23(9-10-24(17)22-16)12-15-7-5-6-8-18(15)27-4/h5-8,11,13-14H,9-10,12H2,1-4H3,(H,21,25). The van der Waals surface area contributed by atoms with Crippen LogP contribution in [0, 0.1) is 5.92 Å². The Kier molecular flexibility index (Phi) is 5.48. The van der Waals surface area contributed by atoms with Crippen molar-refractivity contribution in [3.8, 4) is 5.75 Å². The van der Waals surface area contributed by atoms with Gasteiger partial charge in [0.15, 0.2) is 5.69 Å². The van der Waals surface area contributed by atoms with E-state index in [1.54, 1.807) is 22.8 Å². The zero-order chi connectivity index (χ0) is 19.6. The van der Waals surface area contributed by atoms with Crippen LogP contribution in [0.5, 0.6) is 5.75 Å². The topological polar surface area (TPSA) is 76.5 Å². The number of aromatic nitrogens is 2. The molecule has 0 saturated carbocycles. The Bertz CT molecular complexity index is 844. The van der Waals surface area contributed by atoms with Crippen molar-refractivity contribution in [1.82, 2.24) is 20.0 Å². The van der Waals surface area contributed by atoms with Crippen molar-refractivity contribution in [3.05, 3.63) is 47.3 Å². The number of methoxy groups -OCH3 is 1. The first kappa shape index (κ1) is 18.9. The van der Waals surface area contributed by atoms with E-state index in [9.17, 15) is 9.59 Å². The van der Waals surface area contributed by atoms with E-state index in [0.29, 0.717) is 31.2 Å². The summed E-state index contributed by atoms with van der Waals surface area (Å²) in [5.74, 6) is 0.703. The minimum absolute atomic E-state index is 0.0361. The lowest BCUT2D eigenvalue weighted by atomic mass is 10.1. The third-order valence-corrected chi connectivity index (χ3v) is 5.01. The number of nitrogens with one attached hydrogen (secondary N) is 1. The summed E-state index contributed by atoms with van der Waals surface area (Å²) >= 11 is 0. The Balaban J connectivity index is 1.76. The number of rotatable bonds is 6. The quantitative estimate of drug-likeness (QED) is 0.847. The van der Waals surface area contributed by atoms with Crippen molar-refractivity contribution in [2.24, 2.45) is 5.92 Å². The van der Waals surface area contributed by atoms with E-state index >= 15 is 0 Å². The van der Waals surface area contributed by atoms with Gasteiger partial charge < -0.3 is 15.0 Å². The molecule has 0 aliphatic carbocycles. The molecule has 0 radical (unpaired) electrons. The fraction of sp³-hybridized carbons (Fsp3) is 0.450. The molecule has 2 aromatic rings. The summed E-state index contributed by atoms with van der Waals surface area (Å²) < 4.78 is 7.00. The van der Waals surface area contributed by atoms with Gasteiger partial charge in [-0.15, -0.1) is 0 Å². The molecule has 1 aromatic carbocycles. The van der Waals surface area contributed by atoms with E-state index in [-0.39, 0.29) is 23.6 Å². The second-order valence-electron chi connectivity index (χ2n) is 7.18. The van der Waals surface area contributed by atoms with Crippen LogP contribution in [0.25, 0.3) is 0 Å². The fourth-order valence-corrected chi connectivity index (χ4v) is 2.99. The molecule has 1 aromatic heterocycles. The van der Waals surface area contributed by atoms with E-state index in [1.165, 1.54) is 0 Å². The summed E-state index contributed by atoms with van der Waals surface area (Å²) in [6, 6.07) is 9.28. The molecule has 1 N–H and O–H groups in total. The molecule has 0 bridgehead atoms. The minimum Gasteiger partial charge on any atom is -0.496 e. The molecule has 0 fully saturated rings. The van der Waals surface area contributed by atoms with Crippen LogP contribution in [-0.2, 0) is 13.1 Å². The van der Waals surface area contributed by atoms with Gasteiger partial charge >= 0.3 is 0 Å². The van der Waals surface area contributed by atoms with Crippen molar-refractivity contribution >= 4 is 11.8 Å². The molecule has 1 aliphatic heterocycles. The number of carbonyl (C=O) groups is 2. The summed E-state index contributed by atoms with van der Waals surface area (Å²) in [6.45, 7) is 7.60. The molecule has 2 amide bonds. The third-order valence-electron chi connectivity index (χ3n) is 5.01. The number of carbonyl (C=O) groups excluding carboxylic acids is 2. The average Bonchev–Trinajstić information content (AvgIpc) is 3.09. The van der Waals surface area contributed by atoms with Crippen molar-refractivity contribution < 1.29 is 14.3 Å². The predicted octanol–water partition coefficient (Wildman–Crippen LogP) is 2.32. The normalized spacial score (nSPS) is 14.9. The first-order chi connectivity index (χ1) is 12.9. The average molecular weight is 370 g/mol. The summed E-state index contributed by atoms with van der Waals surface area (Å²) in [4.78, 5) is 27.0. The highest BCUT2D eigenvalue weighted by Crippen LogP contribution is 2.22. The molecule has 3 rings (SSSR count). The molecule has 7 heteroatoms. The largest absolute Gasteiger partial charge is 0.496 e. The lowest BCUT2D eigenvalue weighted by molar-refractivity contribution is 0.0681. The Hall–Kier alpha value is -2.83. The number of benzene rings is 1. The van der Waals surface area contributed by atoms with Gasteiger partial charge in [-0.2, -0.15) is 5.10 Å². The lowest BCUT2D eigenvalue weighted by Crippen LogP contribution is -2.39. The molecule has 27 heavy (non-hydrogen) atoms. The first-order valence-corrected chi connectivity index (χ1v) is 9.20. The van der Waals surface area contributed by atoms with Gasteiger partial charge in [-0.1, -0.05) is 32.0 Å². The molecule has 2 heterocycles. The number of hydrogen-bond donors (Lipinski definition) is 1. The second-order valence-corrected chi connectivity index (χ2v) is 7.18. The van der Waals surface area contributed by atoms with Crippen molar-refractivity contribution in [2.45, 2.75) is 39.9 Å². The van der Waals surface area contributed by atoms with E-state index in [2.05, 4.69) is 10.4 Å². The summed E-state index contributed by atoms with van der Waals surface area (Å²) in [5, 5.41) is 7.25. The van der Waals surface area contributed by atoms with Gasteiger partial charge in [-0.05, 0) is 18.9 Å². The van der Waals surface area contributed by atoms with Gasteiger partial charge in [-0.3, -0.25) is 14.3 Å². The van der Waals surface area contributed by atoms with Gasteiger partial charge in [0, 0.05) is 30.8 Å². The lowest BCUT2D eigenvalue weighted by Gasteiger charge is -2.28. The van der Waals surface area contributed by atoms with Crippen LogP contribution >= 0.6 is 0 Å². The molecule has 0 saturated heterocycles. The van der Waals surface area contributed by atoms with Gasteiger partial charge in [0.25, 0.3) is 11.8 Å². The fourth-order valence-electron chi connectivity index (χ4n) is 2.99. The highest BCUT2D eigenvalue weighted by Gasteiger charge is 2.28. The van der Waals surface area contributed by atoms with Crippen LogP contribution in [0.1, 0.15) is 47.3 Å². The Morgan fingerprint density at radius 1 is 1.26 bits per heavy atom.